The summed E-state index contributed by atoms with van der Waals surface area (Å²) in [5.74, 6) is -0.106. The maximum atomic E-state index is 11.4. The van der Waals surface area contributed by atoms with E-state index in [9.17, 15) is 9.90 Å². The van der Waals surface area contributed by atoms with Gasteiger partial charge in [0.1, 0.15) is 11.3 Å². The fourth-order valence-electron chi connectivity index (χ4n) is 2.27. The lowest BCUT2D eigenvalue weighted by atomic mass is 9.96. The van der Waals surface area contributed by atoms with Crippen LogP contribution in [0.3, 0.4) is 0 Å². The maximum absolute atomic E-state index is 11.4. The van der Waals surface area contributed by atoms with Crippen LogP contribution in [0.2, 0.25) is 0 Å². The van der Waals surface area contributed by atoms with Gasteiger partial charge in [-0.3, -0.25) is 10.1 Å². The highest BCUT2D eigenvalue weighted by molar-refractivity contribution is 5.78. The molecule has 0 heterocycles. The first-order valence-electron chi connectivity index (χ1n) is 7.37. The van der Waals surface area contributed by atoms with Gasteiger partial charge < -0.3 is 14.9 Å². The molecule has 0 spiro atoms. The second-order valence-electron chi connectivity index (χ2n) is 5.81. The standard InChI is InChI=1S/C16H23NO4/c1-16(15(19)20,17-13-6-7-13)8-3-9-21-14-5-2-4-12(10-14)11-18/h2,4-5,10,13,17-18H,3,6-9,11H2,1H3,(H,19,20). The van der Waals surface area contributed by atoms with E-state index in [0.717, 1.165) is 18.4 Å². The molecule has 1 atom stereocenters. The number of hydrogen-bond acceptors (Lipinski definition) is 4. The summed E-state index contributed by atoms with van der Waals surface area (Å²) in [6.07, 6.45) is 3.31. The first kappa shape index (κ1) is 15.8. The molecule has 1 fully saturated rings. The van der Waals surface area contributed by atoms with Gasteiger partial charge in [0.05, 0.1) is 13.2 Å². The van der Waals surface area contributed by atoms with Crippen LogP contribution in [0.5, 0.6) is 5.75 Å². The Hall–Kier alpha value is -1.59. The summed E-state index contributed by atoms with van der Waals surface area (Å²) >= 11 is 0. The van der Waals surface area contributed by atoms with Crippen molar-refractivity contribution in [1.29, 1.82) is 0 Å². The molecule has 1 aromatic rings. The van der Waals surface area contributed by atoms with Gasteiger partial charge >= 0.3 is 5.97 Å². The maximum Gasteiger partial charge on any atom is 0.323 e. The third-order valence-corrected chi connectivity index (χ3v) is 3.74. The molecular formula is C16H23NO4. The number of ether oxygens (including phenoxy) is 1. The van der Waals surface area contributed by atoms with Gasteiger partial charge in [0.2, 0.25) is 0 Å². The van der Waals surface area contributed by atoms with Gasteiger partial charge in [-0.15, -0.1) is 0 Å². The molecule has 0 bridgehead atoms. The molecule has 1 unspecified atom stereocenters. The molecule has 0 saturated heterocycles. The van der Waals surface area contributed by atoms with Crippen molar-refractivity contribution in [2.75, 3.05) is 6.61 Å². The number of hydrogen-bond donors (Lipinski definition) is 3. The average molecular weight is 293 g/mol. The van der Waals surface area contributed by atoms with Gasteiger partial charge in [-0.05, 0) is 50.3 Å². The largest absolute Gasteiger partial charge is 0.494 e. The molecule has 0 radical (unpaired) electrons. The third kappa shape index (κ3) is 4.72. The lowest BCUT2D eigenvalue weighted by Crippen LogP contribution is -2.50. The molecule has 1 aromatic carbocycles. The van der Waals surface area contributed by atoms with Gasteiger partial charge in [-0.25, -0.2) is 0 Å². The summed E-state index contributed by atoms with van der Waals surface area (Å²) in [6, 6.07) is 7.63. The van der Waals surface area contributed by atoms with Crippen molar-refractivity contribution in [2.24, 2.45) is 0 Å². The van der Waals surface area contributed by atoms with Gasteiger partial charge in [0.25, 0.3) is 0 Å². The van der Waals surface area contributed by atoms with Crippen LogP contribution in [0.4, 0.5) is 0 Å². The van der Waals surface area contributed by atoms with Crippen LogP contribution in [0.25, 0.3) is 0 Å². The summed E-state index contributed by atoms with van der Waals surface area (Å²) in [5.41, 5.74) is -0.0735. The number of benzene rings is 1. The number of nitrogens with one attached hydrogen (secondary N) is 1. The minimum absolute atomic E-state index is 0.0143. The minimum atomic E-state index is -0.878. The average Bonchev–Trinajstić information content (AvgIpc) is 3.27. The summed E-state index contributed by atoms with van der Waals surface area (Å²) < 4.78 is 5.61. The summed E-state index contributed by atoms with van der Waals surface area (Å²) in [6.45, 7) is 2.18. The molecule has 1 aliphatic rings. The lowest BCUT2D eigenvalue weighted by molar-refractivity contribution is -0.144. The molecule has 5 heteroatoms. The van der Waals surface area contributed by atoms with E-state index >= 15 is 0 Å². The predicted octanol–water partition coefficient (Wildman–Crippen LogP) is 1.93. The molecule has 0 aliphatic heterocycles. The van der Waals surface area contributed by atoms with Crippen molar-refractivity contribution >= 4 is 5.97 Å². The minimum Gasteiger partial charge on any atom is -0.494 e. The summed E-state index contributed by atoms with van der Waals surface area (Å²) in [5, 5.41) is 21.6. The van der Waals surface area contributed by atoms with Crippen molar-refractivity contribution in [3.8, 4) is 5.75 Å². The number of carbonyl (C=O) groups is 1. The van der Waals surface area contributed by atoms with E-state index in [4.69, 9.17) is 9.84 Å². The van der Waals surface area contributed by atoms with Crippen LogP contribution < -0.4 is 10.1 Å². The molecule has 21 heavy (non-hydrogen) atoms. The molecule has 3 N–H and O–H groups in total. The van der Waals surface area contributed by atoms with Crippen LogP contribution in [0.15, 0.2) is 24.3 Å². The van der Waals surface area contributed by atoms with Crippen molar-refractivity contribution < 1.29 is 19.7 Å². The number of rotatable bonds is 9. The van der Waals surface area contributed by atoms with Gasteiger partial charge in [-0.1, -0.05) is 12.1 Å². The van der Waals surface area contributed by atoms with Crippen LogP contribution in [0.1, 0.15) is 38.2 Å². The summed E-state index contributed by atoms with van der Waals surface area (Å²) in [7, 11) is 0. The Balaban J connectivity index is 1.77. The number of aliphatic hydroxyl groups is 1. The first-order valence-corrected chi connectivity index (χ1v) is 7.37. The van der Waals surface area contributed by atoms with E-state index < -0.39 is 11.5 Å². The van der Waals surface area contributed by atoms with E-state index in [1.54, 1.807) is 13.0 Å². The molecule has 0 aromatic heterocycles. The van der Waals surface area contributed by atoms with Crippen LogP contribution in [-0.4, -0.2) is 34.4 Å². The summed E-state index contributed by atoms with van der Waals surface area (Å²) in [4.78, 5) is 11.4. The van der Waals surface area contributed by atoms with Gasteiger partial charge in [0.15, 0.2) is 0 Å². The van der Waals surface area contributed by atoms with Crippen molar-refractivity contribution in [2.45, 2.75) is 50.8 Å². The highest BCUT2D eigenvalue weighted by Gasteiger charge is 2.37. The number of carboxylic acid groups (broad SMARTS) is 1. The first-order chi connectivity index (χ1) is 10.0. The van der Waals surface area contributed by atoms with Gasteiger partial charge in [0, 0.05) is 6.04 Å². The highest BCUT2D eigenvalue weighted by Crippen LogP contribution is 2.25. The zero-order valence-corrected chi connectivity index (χ0v) is 12.3. The lowest BCUT2D eigenvalue weighted by Gasteiger charge is -2.26. The Kier molecular flexibility index (Phi) is 5.20. The van der Waals surface area contributed by atoms with E-state index in [1.807, 2.05) is 18.2 Å². The Labute approximate surface area is 124 Å². The Morgan fingerprint density at radius 2 is 2.24 bits per heavy atom. The normalized spacial score (nSPS) is 17.2. The van der Waals surface area contributed by atoms with Gasteiger partial charge in [-0.2, -0.15) is 0 Å². The van der Waals surface area contributed by atoms with E-state index in [2.05, 4.69) is 5.32 Å². The molecular weight excluding hydrogens is 270 g/mol. The molecule has 116 valence electrons. The van der Waals surface area contributed by atoms with Crippen LogP contribution >= 0.6 is 0 Å². The zero-order valence-electron chi connectivity index (χ0n) is 12.3. The number of carboxylic acids is 1. The Bertz CT molecular complexity index is 487. The fraction of sp³-hybridized carbons (Fsp3) is 0.562. The third-order valence-electron chi connectivity index (χ3n) is 3.74. The second-order valence-corrected chi connectivity index (χ2v) is 5.81. The molecule has 5 nitrogen and oxygen atoms in total. The molecule has 2 rings (SSSR count). The van der Waals surface area contributed by atoms with Crippen molar-refractivity contribution in [3.05, 3.63) is 29.8 Å². The van der Waals surface area contributed by atoms with E-state index in [-0.39, 0.29) is 6.61 Å². The molecule has 1 saturated carbocycles. The van der Waals surface area contributed by atoms with E-state index in [1.165, 1.54) is 0 Å². The number of aliphatic carboxylic acids is 1. The van der Waals surface area contributed by atoms with Crippen LogP contribution in [-0.2, 0) is 11.4 Å². The topological polar surface area (TPSA) is 78.8 Å². The van der Waals surface area contributed by atoms with E-state index in [0.29, 0.717) is 31.2 Å². The second kappa shape index (κ2) is 6.91. The Morgan fingerprint density at radius 1 is 1.48 bits per heavy atom. The predicted molar refractivity (Wildman–Crippen MR) is 79.3 cm³/mol. The van der Waals surface area contributed by atoms with Crippen LogP contribution in [0, 0.1) is 0 Å². The highest BCUT2D eigenvalue weighted by atomic mass is 16.5. The van der Waals surface area contributed by atoms with Crippen molar-refractivity contribution in [1.82, 2.24) is 5.32 Å². The molecule has 1 aliphatic carbocycles. The SMILES string of the molecule is CC(CCCOc1cccc(CO)c1)(NC1CC1)C(=O)O. The molecule has 0 amide bonds. The zero-order chi connectivity index (χ0) is 15.3. The quantitative estimate of drug-likeness (QED) is 0.606. The smallest absolute Gasteiger partial charge is 0.323 e. The number of aliphatic hydroxyl groups excluding tert-OH is 1. The monoisotopic (exact) mass is 293 g/mol. The van der Waals surface area contributed by atoms with Crippen molar-refractivity contribution in [3.63, 3.8) is 0 Å². The fourth-order valence-corrected chi connectivity index (χ4v) is 2.27. The Morgan fingerprint density at radius 3 is 2.86 bits per heavy atom.